The van der Waals surface area contributed by atoms with Gasteiger partial charge in [0.05, 0.1) is 5.69 Å². The quantitative estimate of drug-likeness (QED) is 0.913. The van der Waals surface area contributed by atoms with Gasteiger partial charge in [0, 0.05) is 24.0 Å². The first-order chi connectivity index (χ1) is 10.8. The molecule has 1 aliphatic rings. The van der Waals surface area contributed by atoms with E-state index in [0.29, 0.717) is 5.69 Å². The lowest BCUT2D eigenvalue weighted by Gasteiger charge is -2.20. The Morgan fingerprint density at radius 1 is 1.18 bits per heavy atom. The molecule has 0 aromatic carbocycles. The standard InChI is InChI=1S/C17H22N4O/c22-17(19-14-8-4-2-1-3-5-9-14)16-11-15(20-21-16)13-7-6-10-18-12-13/h6-7,10-12,14H,1-5,8-9H2,(H,19,22)(H,20,21). The number of hydrogen-bond donors (Lipinski definition) is 2. The summed E-state index contributed by atoms with van der Waals surface area (Å²) in [6, 6.07) is 5.87. The largest absolute Gasteiger partial charge is 0.348 e. The molecule has 2 N–H and O–H groups in total. The van der Waals surface area contributed by atoms with E-state index in [0.717, 1.165) is 24.1 Å². The highest BCUT2D eigenvalue weighted by Gasteiger charge is 2.17. The Bertz CT molecular complexity index is 600. The second-order valence-corrected chi connectivity index (χ2v) is 5.92. The van der Waals surface area contributed by atoms with Crippen molar-refractivity contribution in [3.8, 4) is 11.3 Å². The first kappa shape index (κ1) is 14.8. The molecule has 1 aliphatic carbocycles. The van der Waals surface area contributed by atoms with Crippen LogP contribution >= 0.6 is 0 Å². The molecule has 0 unspecified atom stereocenters. The number of amides is 1. The Morgan fingerprint density at radius 3 is 2.68 bits per heavy atom. The van der Waals surface area contributed by atoms with Crippen LogP contribution in [0.4, 0.5) is 0 Å². The van der Waals surface area contributed by atoms with Crippen LogP contribution in [0.1, 0.15) is 55.4 Å². The zero-order valence-electron chi connectivity index (χ0n) is 12.7. The maximum atomic E-state index is 12.4. The smallest absolute Gasteiger partial charge is 0.269 e. The highest BCUT2D eigenvalue weighted by Crippen LogP contribution is 2.19. The van der Waals surface area contributed by atoms with Crippen molar-refractivity contribution in [2.45, 2.75) is 51.0 Å². The highest BCUT2D eigenvalue weighted by molar-refractivity contribution is 5.93. The van der Waals surface area contributed by atoms with Crippen molar-refractivity contribution in [1.82, 2.24) is 20.5 Å². The van der Waals surface area contributed by atoms with Crippen LogP contribution in [0.25, 0.3) is 11.3 Å². The number of aromatic nitrogens is 3. The van der Waals surface area contributed by atoms with E-state index in [-0.39, 0.29) is 11.9 Å². The number of nitrogens with one attached hydrogen (secondary N) is 2. The number of rotatable bonds is 3. The molecule has 1 amide bonds. The van der Waals surface area contributed by atoms with Gasteiger partial charge in [-0.25, -0.2) is 0 Å². The van der Waals surface area contributed by atoms with Gasteiger partial charge in [0.2, 0.25) is 0 Å². The summed E-state index contributed by atoms with van der Waals surface area (Å²) in [5, 5.41) is 10.2. The van der Waals surface area contributed by atoms with Crippen molar-refractivity contribution in [3.05, 3.63) is 36.3 Å². The molecule has 0 saturated heterocycles. The van der Waals surface area contributed by atoms with Gasteiger partial charge in [-0.2, -0.15) is 5.10 Å². The van der Waals surface area contributed by atoms with Gasteiger partial charge in [0.15, 0.2) is 0 Å². The maximum Gasteiger partial charge on any atom is 0.269 e. The van der Waals surface area contributed by atoms with E-state index in [1.54, 1.807) is 18.5 Å². The molecular formula is C17H22N4O. The first-order valence-corrected chi connectivity index (χ1v) is 8.09. The predicted molar refractivity (Wildman–Crippen MR) is 85.4 cm³/mol. The van der Waals surface area contributed by atoms with Crippen molar-refractivity contribution in [2.75, 3.05) is 0 Å². The van der Waals surface area contributed by atoms with Crippen molar-refractivity contribution >= 4 is 5.91 Å². The van der Waals surface area contributed by atoms with Crippen molar-refractivity contribution in [2.24, 2.45) is 0 Å². The van der Waals surface area contributed by atoms with Crippen LogP contribution in [-0.4, -0.2) is 27.1 Å². The number of hydrogen-bond acceptors (Lipinski definition) is 3. The molecule has 2 aromatic rings. The van der Waals surface area contributed by atoms with E-state index in [1.165, 1.54) is 32.1 Å². The Labute approximate surface area is 130 Å². The molecule has 2 heterocycles. The van der Waals surface area contributed by atoms with Crippen molar-refractivity contribution in [1.29, 1.82) is 0 Å². The van der Waals surface area contributed by atoms with Gasteiger partial charge in [0.1, 0.15) is 5.69 Å². The fraction of sp³-hybridized carbons (Fsp3) is 0.471. The topological polar surface area (TPSA) is 70.7 Å². The molecule has 0 radical (unpaired) electrons. The van der Waals surface area contributed by atoms with Crippen molar-refractivity contribution in [3.63, 3.8) is 0 Å². The van der Waals surface area contributed by atoms with Gasteiger partial charge in [-0.3, -0.25) is 14.9 Å². The fourth-order valence-electron chi connectivity index (χ4n) is 2.96. The van der Waals surface area contributed by atoms with Gasteiger partial charge in [-0.15, -0.1) is 0 Å². The molecule has 116 valence electrons. The molecule has 0 spiro atoms. The van der Waals surface area contributed by atoms with Crippen LogP contribution in [0.15, 0.2) is 30.6 Å². The number of H-pyrrole nitrogens is 1. The Kier molecular flexibility index (Phi) is 4.83. The minimum Gasteiger partial charge on any atom is -0.348 e. The number of carbonyl (C=O) groups is 1. The van der Waals surface area contributed by atoms with Gasteiger partial charge in [-0.1, -0.05) is 32.1 Å². The van der Waals surface area contributed by atoms with Crippen LogP contribution < -0.4 is 5.32 Å². The van der Waals surface area contributed by atoms with E-state index in [1.807, 2.05) is 12.1 Å². The van der Waals surface area contributed by atoms with Gasteiger partial charge < -0.3 is 5.32 Å². The lowest BCUT2D eigenvalue weighted by molar-refractivity contribution is 0.0925. The van der Waals surface area contributed by atoms with E-state index in [9.17, 15) is 4.79 Å². The van der Waals surface area contributed by atoms with Crippen LogP contribution in [0.5, 0.6) is 0 Å². The molecule has 0 atom stereocenters. The molecule has 2 aromatic heterocycles. The van der Waals surface area contributed by atoms with Crippen LogP contribution in [0, 0.1) is 0 Å². The van der Waals surface area contributed by atoms with Gasteiger partial charge in [0.25, 0.3) is 5.91 Å². The monoisotopic (exact) mass is 298 g/mol. The molecule has 5 heteroatoms. The van der Waals surface area contributed by atoms with Gasteiger partial charge >= 0.3 is 0 Å². The molecule has 0 bridgehead atoms. The predicted octanol–water partition coefficient (Wildman–Crippen LogP) is 3.31. The zero-order valence-corrected chi connectivity index (χ0v) is 12.7. The lowest BCUT2D eigenvalue weighted by Crippen LogP contribution is -2.35. The Hall–Kier alpha value is -2.17. The van der Waals surface area contributed by atoms with Crippen molar-refractivity contribution < 1.29 is 4.79 Å². The normalized spacial score (nSPS) is 16.7. The zero-order chi connectivity index (χ0) is 15.2. The summed E-state index contributed by atoms with van der Waals surface area (Å²) in [4.78, 5) is 16.4. The average Bonchev–Trinajstić information content (AvgIpc) is 3.01. The molecule has 22 heavy (non-hydrogen) atoms. The highest BCUT2D eigenvalue weighted by atomic mass is 16.2. The van der Waals surface area contributed by atoms with Crippen LogP contribution in [0.2, 0.25) is 0 Å². The van der Waals surface area contributed by atoms with Crippen LogP contribution in [0.3, 0.4) is 0 Å². The van der Waals surface area contributed by atoms with E-state index < -0.39 is 0 Å². The summed E-state index contributed by atoms with van der Waals surface area (Å²) in [7, 11) is 0. The summed E-state index contributed by atoms with van der Waals surface area (Å²) >= 11 is 0. The van der Waals surface area contributed by atoms with E-state index in [2.05, 4.69) is 20.5 Å². The molecular weight excluding hydrogens is 276 g/mol. The van der Waals surface area contributed by atoms with Gasteiger partial charge in [-0.05, 0) is 31.0 Å². The minimum atomic E-state index is -0.0618. The fourth-order valence-corrected chi connectivity index (χ4v) is 2.96. The Morgan fingerprint density at radius 2 is 1.95 bits per heavy atom. The summed E-state index contributed by atoms with van der Waals surface area (Å²) in [5.74, 6) is -0.0618. The summed E-state index contributed by atoms with van der Waals surface area (Å²) < 4.78 is 0. The third-order valence-corrected chi connectivity index (χ3v) is 4.22. The molecule has 3 rings (SSSR count). The maximum absolute atomic E-state index is 12.4. The minimum absolute atomic E-state index is 0.0618. The second kappa shape index (κ2) is 7.20. The molecule has 5 nitrogen and oxygen atoms in total. The molecule has 1 fully saturated rings. The number of pyridine rings is 1. The molecule has 1 saturated carbocycles. The summed E-state index contributed by atoms with van der Waals surface area (Å²) in [6.07, 6.45) is 11.9. The number of nitrogens with zero attached hydrogens (tertiary/aromatic N) is 2. The average molecular weight is 298 g/mol. The van der Waals surface area contributed by atoms with E-state index >= 15 is 0 Å². The third kappa shape index (κ3) is 3.72. The first-order valence-electron chi connectivity index (χ1n) is 8.09. The lowest BCUT2D eigenvalue weighted by atomic mass is 9.96. The number of aromatic amines is 1. The van der Waals surface area contributed by atoms with Crippen LogP contribution in [-0.2, 0) is 0 Å². The number of carbonyl (C=O) groups excluding carboxylic acids is 1. The van der Waals surface area contributed by atoms with E-state index in [4.69, 9.17) is 0 Å². The third-order valence-electron chi connectivity index (χ3n) is 4.22. The molecule has 0 aliphatic heterocycles. The SMILES string of the molecule is O=C(NC1CCCCCCC1)c1cc(-c2cccnc2)n[nH]1. The summed E-state index contributed by atoms with van der Waals surface area (Å²) in [5.41, 5.74) is 2.17. The summed E-state index contributed by atoms with van der Waals surface area (Å²) in [6.45, 7) is 0. The second-order valence-electron chi connectivity index (χ2n) is 5.92. The Balaban J connectivity index is 1.64.